The molecule has 0 spiro atoms. The molecule has 92 valence electrons. The predicted molar refractivity (Wildman–Crippen MR) is 63.9 cm³/mol. The van der Waals surface area contributed by atoms with E-state index in [0.29, 0.717) is 31.0 Å². The molecule has 0 radical (unpaired) electrons. The lowest BCUT2D eigenvalue weighted by atomic mass is 10.0. The number of hydrogen-bond acceptors (Lipinski definition) is 2. The molecule has 4 heteroatoms. The standard InChI is InChI=1S/C13H14ClFO2/c14-11-8-10(15)4-5-13(11)17-7-6-9-2-1-3-12(9)16/h4-5,8-9H,1-3,6-7H2. The van der Waals surface area contributed by atoms with Crippen LogP contribution in [0, 0.1) is 11.7 Å². The number of Topliss-reactive ketones (excluding diaryl/α,β-unsaturated/α-hetero) is 1. The van der Waals surface area contributed by atoms with Gasteiger partial charge >= 0.3 is 0 Å². The molecular formula is C13H14ClFO2. The van der Waals surface area contributed by atoms with E-state index in [1.807, 2.05) is 0 Å². The SMILES string of the molecule is O=C1CCCC1CCOc1ccc(F)cc1Cl. The van der Waals surface area contributed by atoms with Gasteiger partial charge in [0.15, 0.2) is 0 Å². The van der Waals surface area contributed by atoms with Crippen molar-refractivity contribution in [1.29, 1.82) is 0 Å². The normalized spacial score (nSPS) is 19.6. The molecule has 2 nitrogen and oxygen atoms in total. The van der Waals surface area contributed by atoms with Crippen molar-refractivity contribution < 1.29 is 13.9 Å². The summed E-state index contributed by atoms with van der Waals surface area (Å²) < 4.78 is 18.2. The minimum atomic E-state index is -0.381. The summed E-state index contributed by atoms with van der Waals surface area (Å²) in [5.41, 5.74) is 0. The summed E-state index contributed by atoms with van der Waals surface area (Å²) >= 11 is 5.82. The zero-order valence-corrected chi connectivity index (χ0v) is 10.2. The topological polar surface area (TPSA) is 26.3 Å². The number of carbonyl (C=O) groups is 1. The maximum absolute atomic E-state index is 12.8. The van der Waals surface area contributed by atoms with Crippen molar-refractivity contribution in [2.24, 2.45) is 5.92 Å². The van der Waals surface area contributed by atoms with Crippen molar-refractivity contribution in [1.82, 2.24) is 0 Å². The lowest BCUT2D eigenvalue weighted by Gasteiger charge is -2.10. The molecular weight excluding hydrogens is 243 g/mol. The second kappa shape index (κ2) is 5.50. The van der Waals surface area contributed by atoms with Crippen molar-refractivity contribution in [3.63, 3.8) is 0 Å². The Balaban J connectivity index is 1.83. The largest absolute Gasteiger partial charge is 0.492 e. The van der Waals surface area contributed by atoms with Gasteiger partial charge in [0.05, 0.1) is 11.6 Å². The van der Waals surface area contributed by atoms with E-state index >= 15 is 0 Å². The van der Waals surface area contributed by atoms with Crippen molar-refractivity contribution >= 4 is 17.4 Å². The zero-order valence-electron chi connectivity index (χ0n) is 9.42. The van der Waals surface area contributed by atoms with Crippen LogP contribution >= 0.6 is 11.6 Å². The quantitative estimate of drug-likeness (QED) is 0.823. The van der Waals surface area contributed by atoms with Crippen molar-refractivity contribution in [2.45, 2.75) is 25.7 Å². The average Bonchev–Trinajstić information content (AvgIpc) is 2.68. The van der Waals surface area contributed by atoms with Gasteiger partial charge in [-0.05, 0) is 37.5 Å². The summed E-state index contributed by atoms with van der Waals surface area (Å²) in [5, 5.41) is 0.266. The van der Waals surface area contributed by atoms with E-state index in [0.717, 1.165) is 12.8 Å². The summed E-state index contributed by atoms with van der Waals surface area (Å²) in [6, 6.07) is 4.04. The Morgan fingerprint density at radius 3 is 2.94 bits per heavy atom. The molecule has 17 heavy (non-hydrogen) atoms. The Morgan fingerprint density at radius 2 is 2.29 bits per heavy atom. The van der Waals surface area contributed by atoms with Gasteiger partial charge in [-0.1, -0.05) is 11.6 Å². The molecule has 0 aliphatic heterocycles. The minimum absolute atomic E-state index is 0.134. The van der Waals surface area contributed by atoms with Gasteiger partial charge in [0.25, 0.3) is 0 Å². The maximum Gasteiger partial charge on any atom is 0.138 e. The van der Waals surface area contributed by atoms with Crippen LogP contribution in [-0.2, 0) is 4.79 Å². The molecule has 0 N–H and O–H groups in total. The van der Waals surface area contributed by atoms with Crippen molar-refractivity contribution in [3.05, 3.63) is 29.0 Å². The molecule has 0 heterocycles. The first-order valence-electron chi connectivity index (χ1n) is 5.77. The Morgan fingerprint density at radius 1 is 1.47 bits per heavy atom. The molecule has 0 saturated heterocycles. The van der Waals surface area contributed by atoms with Gasteiger partial charge in [-0.2, -0.15) is 0 Å². The molecule has 1 fully saturated rings. The average molecular weight is 257 g/mol. The number of ether oxygens (including phenoxy) is 1. The number of carbonyl (C=O) groups excluding carboxylic acids is 1. The zero-order chi connectivity index (χ0) is 12.3. The third-order valence-corrected chi connectivity index (χ3v) is 3.34. The number of rotatable bonds is 4. The third kappa shape index (κ3) is 3.19. The van der Waals surface area contributed by atoms with E-state index in [9.17, 15) is 9.18 Å². The van der Waals surface area contributed by atoms with E-state index < -0.39 is 0 Å². The van der Waals surface area contributed by atoms with Crippen LogP contribution in [0.5, 0.6) is 5.75 Å². The van der Waals surface area contributed by atoms with Gasteiger partial charge < -0.3 is 4.74 Å². The Bertz CT molecular complexity index is 420. The highest BCUT2D eigenvalue weighted by Gasteiger charge is 2.23. The highest BCUT2D eigenvalue weighted by Crippen LogP contribution is 2.27. The summed E-state index contributed by atoms with van der Waals surface area (Å²) in [5.74, 6) is 0.555. The first kappa shape index (κ1) is 12.4. The van der Waals surface area contributed by atoms with Crippen LogP contribution in [0.4, 0.5) is 4.39 Å². The van der Waals surface area contributed by atoms with Gasteiger partial charge in [-0.3, -0.25) is 4.79 Å². The molecule has 0 amide bonds. The Labute approximate surface area is 105 Å². The van der Waals surface area contributed by atoms with Gasteiger partial charge in [0.2, 0.25) is 0 Å². The summed E-state index contributed by atoms with van der Waals surface area (Å²) in [6.45, 7) is 0.446. The van der Waals surface area contributed by atoms with Crippen LogP contribution in [0.3, 0.4) is 0 Å². The lowest BCUT2D eigenvalue weighted by molar-refractivity contribution is -0.121. The molecule has 1 aliphatic carbocycles. The summed E-state index contributed by atoms with van der Waals surface area (Å²) in [7, 11) is 0. The smallest absolute Gasteiger partial charge is 0.138 e. The number of hydrogen-bond donors (Lipinski definition) is 0. The van der Waals surface area contributed by atoms with Crippen LogP contribution in [0.25, 0.3) is 0 Å². The molecule has 1 atom stereocenters. The molecule has 1 saturated carbocycles. The van der Waals surface area contributed by atoms with E-state index in [4.69, 9.17) is 16.3 Å². The third-order valence-electron chi connectivity index (χ3n) is 3.05. The van der Waals surface area contributed by atoms with E-state index in [-0.39, 0.29) is 16.8 Å². The van der Waals surface area contributed by atoms with Crippen molar-refractivity contribution in [3.8, 4) is 5.75 Å². The van der Waals surface area contributed by atoms with Gasteiger partial charge in [0, 0.05) is 12.3 Å². The fourth-order valence-corrected chi connectivity index (χ4v) is 2.32. The second-order valence-corrected chi connectivity index (χ2v) is 4.67. The van der Waals surface area contributed by atoms with Crippen LogP contribution in [0.2, 0.25) is 5.02 Å². The number of benzene rings is 1. The van der Waals surface area contributed by atoms with E-state index in [1.165, 1.54) is 18.2 Å². The molecule has 0 aromatic heterocycles. The number of ketones is 1. The molecule has 2 rings (SSSR count). The summed E-state index contributed by atoms with van der Waals surface area (Å²) in [4.78, 5) is 11.4. The molecule has 1 aromatic rings. The molecule has 1 aromatic carbocycles. The summed E-state index contributed by atoms with van der Waals surface area (Å²) in [6.07, 6.45) is 3.36. The predicted octanol–water partition coefficient (Wildman–Crippen LogP) is 3.62. The van der Waals surface area contributed by atoms with Crippen LogP contribution in [0.15, 0.2) is 18.2 Å². The van der Waals surface area contributed by atoms with E-state index in [2.05, 4.69) is 0 Å². The Kier molecular flexibility index (Phi) is 4.00. The van der Waals surface area contributed by atoms with Crippen LogP contribution in [0.1, 0.15) is 25.7 Å². The first-order chi connectivity index (χ1) is 8.16. The van der Waals surface area contributed by atoms with Gasteiger partial charge in [0.1, 0.15) is 17.3 Å². The first-order valence-corrected chi connectivity index (χ1v) is 6.15. The van der Waals surface area contributed by atoms with Gasteiger partial charge in [-0.15, -0.1) is 0 Å². The second-order valence-electron chi connectivity index (χ2n) is 4.27. The molecule has 1 unspecified atom stereocenters. The minimum Gasteiger partial charge on any atom is -0.492 e. The van der Waals surface area contributed by atoms with Crippen LogP contribution in [-0.4, -0.2) is 12.4 Å². The number of halogens is 2. The Hall–Kier alpha value is -1.09. The van der Waals surface area contributed by atoms with E-state index in [1.54, 1.807) is 0 Å². The lowest BCUT2D eigenvalue weighted by Crippen LogP contribution is -2.11. The molecule has 1 aliphatic rings. The maximum atomic E-state index is 12.8. The fourth-order valence-electron chi connectivity index (χ4n) is 2.10. The monoisotopic (exact) mass is 256 g/mol. The van der Waals surface area contributed by atoms with Crippen LogP contribution < -0.4 is 4.74 Å². The highest BCUT2D eigenvalue weighted by atomic mass is 35.5. The highest BCUT2D eigenvalue weighted by molar-refractivity contribution is 6.32. The van der Waals surface area contributed by atoms with Crippen molar-refractivity contribution in [2.75, 3.05) is 6.61 Å². The fraction of sp³-hybridized carbons (Fsp3) is 0.462. The van der Waals surface area contributed by atoms with Gasteiger partial charge in [-0.25, -0.2) is 4.39 Å². The molecule has 0 bridgehead atoms.